The summed E-state index contributed by atoms with van der Waals surface area (Å²) in [5.74, 6) is -1.21. The molecule has 0 spiro atoms. The van der Waals surface area contributed by atoms with Gasteiger partial charge in [0.2, 0.25) is 12.7 Å². The molecule has 7 N–H and O–H groups in total. The number of anilines is 1. The Kier molecular flexibility index (Phi) is 8.63. The Morgan fingerprint density at radius 3 is 2.63 bits per heavy atom. The van der Waals surface area contributed by atoms with E-state index in [1.807, 2.05) is 36.4 Å². The van der Waals surface area contributed by atoms with Crippen LogP contribution < -0.4 is 26.3 Å². The van der Waals surface area contributed by atoms with Crippen molar-refractivity contribution in [3.8, 4) is 11.5 Å². The lowest BCUT2D eigenvalue weighted by molar-refractivity contribution is -0.138. The van der Waals surface area contributed by atoms with Crippen LogP contribution in [-0.2, 0) is 27.3 Å². The number of nitrogens with one attached hydrogen (secondary N) is 2. The molecule has 11 heteroatoms. The zero-order chi connectivity index (χ0) is 25.4. The Morgan fingerprint density at radius 1 is 1.14 bits per heavy atom. The summed E-state index contributed by atoms with van der Waals surface area (Å²) < 4.78 is 10.7. The normalized spacial score (nSPS) is 12.6. The zero-order valence-corrected chi connectivity index (χ0v) is 19.2. The van der Waals surface area contributed by atoms with Crippen molar-refractivity contribution < 1.29 is 29.0 Å². The summed E-state index contributed by atoms with van der Waals surface area (Å²) in [6.45, 7) is 0.709. The van der Waals surface area contributed by atoms with Crippen LogP contribution in [0.5, 0.6) is 11.5 Å². The third-order valence-corrected chi connectivity index (χ3v) is 5.48. The molecule has 35 heavy (non-hydrogen) atoms. The highest BCUT2D eigenvalue weighted by Crippen LogP contribution is 2.32. The molecule has 0 aliphatic carbocycles. The molecule has 11 nitrogen and oxygen atoms in total. The van der Waals surface area contributed by atoms with Crippen molar-refractivity contribution in [2.24, 2.45) is 11.5 Å². The summed E-state index contributed by atoms with van der Waals surface area (Å²) in [5.41, 5.74) is 13.4. The predicted octanol–water partition coefficient (Wildman–Crippen LogP) is 1.44. The fourth-order valence-electron chi connectivity index (χ4n) is 3.61. The van der Waals surface area contributed by atoms with Gasteiger partial charge < -0.3 is 31.4 Å². The number of carboxylic acid groups (broad SMARTS) is 1. The molecule has 1 unspecified atom stereocenters. The van der Waals surface area contributed by atoms with Gasteiger partial charge in [0.05, 0.1) is 6.42 Å². The van der Waals surface area contributed by atoms with Crippen molar-refractivity contribution in [2.45, 2.75) is 38.3 Å². The van der Waals surface area contributed by atoms with Gasteiger partial charge >= 0.3 is 5.97 Å². The van der Waals surface area contributed by atoms with E-state index in [1.54, 1.807) is 6.07 Å². The topological polar surface area (TPSA) is 181 Å². The van der Waals surface area contributed by atoms with Gasteiger partial charge in [0.15, 0.2) is 17.5 Å². The number of aliphatic carboxylic acids is 1. The summed E-state index contributed by atoms with van der Waals surface area (Å²) >= 11 is 0. The van der Waals surface area contributed by atoms with Crippen LogP contribution in [0.25, 0.3) is 0 Å². The number of ketones is 1. The Morgan fingerprint density at radius 2 is 1.89 bits per heavy atom. The number of nitrogens with two attached hydrogens (primary N) is 2. The van der Waals surface area contributed by atoms with E-state index in [4.69, 9.17) is 31.5 Å². The van der Waals surface area contributed by atoms with E-state index in [-0.39, 0.29) is 38.4 Å². The van der Waals surface area contributed by atoms with Crippen molar-refractivity contribution in [2.75, 3.05) is 18.7 Å². The minimum absolute atomic E-state index is 0.0100. The maximum atomic E-state index is 12.7. The van der Waals surface area contributed by atoms with E-state index in [2.05, 4.69) is 5.32 Å². The molecule has 0 saturated carbocycles. The Bertz CT molecular complexity index is 1110. The van der Waals surface area contributed by atoms with E-state index >= 15 is 0 Å². The van der Waals surface area contributed by atoms with E-state index in [0.717, 1.165) is 21.7 Å². The average molecular weight is 484 g/mol. The molecule has 2 aromatic rings. The number of hydrogen-bond donors (Lipinski definition) is 5. The average Bonchev–Trinajstić information content (AvgIpc) is 3.28. The third-order valence-electron chi connectivity index (χ3n) is 5.48. The lowest BCUT2D eigenvalue weighted by atomic mass is 10.0. The molecule has 186 valence electrons. The number of Topliss-reactive ketones (excluding diaryl/α,β-unsaturated/α-hetero) is 1. The van der Waals surface area contributed by atoms with E-state index in [0.29, 0.717) is 18.0 Å². The van der Waals surface area contributed by atoms with Crippen molar-refractivity contribution in [3.63, 3.8) is 0 Å². The third kappa shape index (κ3) is 7.18. The summed E-state index contributed by atoms with van der Waals surface area (Å²) in [7, 11) is 0. The highest BCUT2D eigenvalue weighted by Gasteiger charge is 2.21. The summed E-state index contributed by atoms with van der Waals surface area (Å²) in [5, 5.41) is 19.8. The second-order valence-corrected chi connectivity index (χ2v) is 8.11. The van der Waals surface area contributed by atoms with Gasteiger partial charge in [-0.15, -0.1) is 0 Å². The molecule has 0 fully saturated rings. The second kappa shape index (κ2) is 11.8. The van der Waals surface area contributed by atoms with Crippen molar-refractivity contribution >= 4 is 29.3 Å². The fraction of sp³-hybridized carbons (Fsp3) is 0.333. The number of hydrogen-bond acceptors (Lipinski definition) is 8. The highest BCUT2D eigenvalue weighted by molar-refractivity contribution is 6.05. The number of nitrogens with zero attached hydrogens (tertiary/aromatic N) is 1. The van der Waals surface area contributed by atoms with Crippen LogP contribution in [0, 0.1) is 5.41 Å². The molecule has 1 atom stereocenters. The van der Waals surface area contributed by atoms with Crippen LogP contribution in [-0.4, -0.2) is 53.0 Å². The molecular weight excluding hydrogens is 454 g/mol. The minimum Gasteiger partial charge on any atom is -0.480 e. The van der Waals surface area contributed by atoms with Crippen molar-refractivity contribution in [1.82, 2.24) is 4.90 Å². The van der Waals surface area contributed by atoms with Crippen LogP contribution in [0.15, 0.2) is 42.5 Å². The molecule has 0 radical (unpaired) electrons. The Labute approximate surface area is 202 Å². The summed E-state index contributed by atoms with van der Waals surface area (Å²) in [6.07, 6.45) is -0.0604. The van der Waals surface area contributed by atoms with Gasteiger partial charge in [0.25, 0.3) is 0 Å². The first kappa shape index (κ1) is 25.5. The number of fused-ring (bicyclic) bond motifs is 1. The maximum absolute atomic E-state index is 12.7. The van der Waals surface area contributed by atoms with Crippen LogP contribution in [0.3, 0.4) is 0 Å². The molecule has 1 amide bonds. The van der Waals surface area contributed by atoms with Gasteiger partial charge in [-0.2, -0.15) is 0 Å². The Balaban J connectivity index is 1.55. The van der Waals surface area contributed by atoms with Gasteiger partial charge in [0, 0.05) is 25.2 Å². The van der Waals surface area contributed by atoms with Crippen molar-refractivity contribution in [3.05, 3.63) is 53.6 Å². The number of ether oxygens (including phenoxy) is 2. The van der Waals surface area contributed by atoms with Crippen molar-refractivity contribution in [1.29, 1.82) is 5.41 Å². The number of guanidine groups is 1. The summed E-state index contributed by atoms with van der Waals surface area (Å²) in [4.78, 5) is 37.0. The first-order valence-corrected chi connectivity index (χ1v) is 11.1. The largest absolute Gasteiger partial charge is 0.480 e. The number of amides is 1. The van der Waals surface area contributed by atoms with Gasteiger partial charge in [0.1, 0.15) is 11.8 Å². The number of benzene rings is 2. The number of carbonyl (C=O) groups excluding carboxylic acids is 2. The van der Waals surface area contributed by atoms with Gasteiger partial charge in [-0.1, -0.05) is 24.3 Å². The second-order valence-electron chi connectivity index (χ2n) is 8.11. The smallest absolute Gasteiger partial charge is 0.320 e. The van der Waals surface area contributed by atoms with Gasteiger partial charge in [-0.05, 0) is 42.2 Å². The Hall–Kier alpha value is -4.12. The molecule has 2 aromatic carbocycles. The van der Waals surface area contributed by atoms with Crippen LogP contribution in [0.1, 0.15) is 30.4 Å². The molecular formula is C24H29N5O6. The molecule has 1 aliphatic heterocycles. The molecule has 1 heterocycles. The van der Waals surface area contributed by atoms with Crippen LogP contribution in [0.2, 0.25) is 0 Å². The monoisotopic (exact) mass is 483 g/mol. The SMILES string of the molecule is N=C(N)N(CCCC(N)C(=O)O)C(=O)CC(=O)Cc1ccccc1NCc1ccc2c(c1)OCO2. The van der Waals surface area contributed by atoms with E-state index < -0.39 is 30.3 Å². The summed E-state index contributed by atoms with van der Waals surface area (Å²) in [6, 6.07) is 11.9. The molecule has 0 aromatic heterocycles. The number of para-hydroxylation sites is 1. The number of carbonyl (C=O) groups is 3. The molecule has 0 saturated heterocycles. The van der Waals surface area contributed by atoms with Gasteiger partial charge in [-0.3, -0.25) is 24.7 Å². The highest BCUT2D eigenvalue weighted by atomic mass is 16.7. The molecule has 3 rings (SSSR count). The minimum atomic E-state index is -1.15. The predicted molar refractivity (Wildman–Crippen MR) is 128 cm³/mol. The van der Waals surface area contributed by atoms with Crippen LogP contribution >= 0.6 is 0 Å². The quantitative estimate of drug-likeness (QED) is 0.169. The lowest BCUT2D eigenvalue weighted by Crippen LogP contribution is -2.43. The van der Waals surface area contributed by atoms with E-state index in [1.165, 1.54) is 0 Å². The first-order chi connectivity index (χ1) is 16.7. The molecule has 0 bridgehead atoms. The number of carboxylic acids is 1. The standard InChI is InChI=1S/C24H29N5O6/c25-18(23(32)33)5-3-9-29(24(26)27)22(31)12-17(30)11-16-4-1-2-6-19(16)28-13-15-7-8-20-21(10-15)35-14-34-20/h1-2,4,6-8,10,18,28H,3,5,9,11-14,25H2,(H3,26,27)(H,32,33). The first-order valence-electron chi connectivity index (χ1n) is 11.1. The fourth-order valence-corrected chi connectivity index (χ4v) is 3.61. The van der Waals surface area contributed by atoms with E-state index in [9.17, 15) is 14.4 Å². The maximum Gasteiger partial charge on any atom is 0.320 e. The lowest BCUT2D eigenvalue weighted by Gasteiger charge is -2.21. The zero-order valence-electron chi connectivity index (χ0n) is 19.2. The molecule has 1 aliphatic rings. The van der Waals surface area contributed by atoms with Gasteiger partial charge in [-0.25, -0.2) is 0 Å². The number of rotatable bonds is 12. The van der Waals surface area contributed by atoms with Crippen LogP contribution in [0.4, 0.5) is 5.69 Å².